The Morgan fingerprint density at radius 1 is 1.17 bits per heavy atom. The number of hydrogen-bond acceptors (Lipinski definition) is 5. The molecule has 124 valence electrons. The van der Waals surface area contributed by atoms with Crippen molar-refractivity contribution >= 4 is 5.82 Å². The molecule has 2 rings (SSSR count). The summed E-state index contributed by atoms with van der Waals surface area (Å²) in [6.07, 6.45) is 0.872. The van der Waals surface area contributed by atoms with Crippen molar-refractivity contribution in [3.05, 3.63) is 35.9 Å². The molecule has 23 heavy (non-hydrogen) atoms. The van der Waals surface area contributed by atoms with Crippen molar-refractivity contribution in [2.24, 2.45) is 0 Å². The van der Waals surface area contributed by atoms with Gasteiger partial charge in [-0.1, -0.05) is 13.0 Å². The van der Waals surface area contributed by atoms with Crippen LogP contribution in [0.3, 0.4) is 0 Å². The van der Waals surface area contributed by atoms with Gasteiger partial charge in [0.25, 0.3) is 0 Å². The predicted octanol–water partition coefficient (Wildman–Crippen LogP) is 2.84. The summed E-state index contributed by atoms with van der Waals surface area (Å²) in [6.45, 7) is 3.61. The highest BCUT2D eigenvalue weighted by Crippen LogP contribution is 2.35. The fourth-order valence-electron chi connectivity index (χ4n) is 2.33. The molecule has 0 atom stereocenters. The maximum atomic E-state index is 5.93. The number of anilines is 1. The lowest BCUT2D eigenvalue weighted by Gasteiger charge is -2.17. The van der Waals surface area contributed by atoms with Gasteiger partial charge in [-0.25, -0.2) is 4.98 Å². The van der Waals surface area contributed by atoms with Gasteiger partial charge in [0.15, 0.2) is 0 Å². The van der Waals surface area contributed by atoms with Gasteiger partial charge in [0.1, 0.15) is 23.9 Å². The fraction of sp³-hybridized carbons (Fsp3) is 0.389. The molecule has 0 aliphatic rings. The Hall–Kier alpha value is -2.27. The molecule has 1 heterocycles. The number of likely N-dealkylation sites (N-methyl/N-ethyl adjacent to an activating group) is 1. The van der Waals surface area contributed by atoms with E-state index in [4.69, 9.17) is 15.2 Å². The molecule has 5 heteroatoms. The first-order chi connectivity index (χ1) is 11.0. The number of benzene rings is 1. The Morgan fingerprint density at radius 2 is 1.96 bits per heavy atom. The van der Waals surface area contributed by atoms with Gasteiger partial charge in [0.2, 0.25) is 0 Å². The van der Waals surface area contributed by atoms with Crippen LogP contribution in [0.1, 0.15) is 12.5 Å². The van der Waals surface area contributed by atoms with Crippen LogP contribution in [-0.2, 0) is 6.42 Å². The number of hydrogen-bond donors (Lipinski definition) is 1. The van der Waals surface area contributed by atoms with Crippen molar-refractivity contribution in [3.63, 3.8) is 0 Å². The molecule has 0 saturated carbocycles. The maximum absolute atomic E-state index is 5.93. The number of ether oxygens (including phenoxy) is 2. The summed E-state index contributed by atoms with van der Waals surface area (Å²) in [5.41, 5.74) is 8.66. The minimum absolute atomic E-state index is 0.494. The number of pyridine rings is 1. The second-order valence-corrected chi connectivity index (χ2v) is 5.61. The van der Waals surface area contributed by atoms with Crippen LogP contribution in [-0.4, -0.2) is 44.2 Å². The molecule has 0 radical (unpaired) electrons. The molecular formula is C18H25N3O2. The number of nitrogens with zero attached hydrogens (tertiary/aromatic N) is 2. The van der Waals surface area contributed by atoms with Gasteiger partial charge in [-0.3, -0.25) is 0 Å². The van der Waals surface area contributed by atoms with E-state index in [1.807, 2.05) is 32.3 Å². The smallest absolute Gasteiger partial charge is 0.131 e. The largest absolute Gasteiger partial charge is 0.496 e. The van der Waals surface area contributed by atoms with Gasteiger partial charge in [-0.15, -0.1) is 0 Å². The van der Waals surface area contributed by atoms with Crippen molar-refractivity contribution in [1.82, 2.24) is 9.88 Å². The predicted molar refractivity (Wildman–Crippen MR) is 94.1 cm³/mol. The van der Waals surface area contributed by atoms with E-state index in [1.54, 1.807) is 13.2 Å². The highest BCUT2D eigenvalue weighted by molar-refractivity contribution is 5.71. The maximum Gasteiger partial charge on any atom is 0.131 e. The molecule has 0 unspecified atom stereocenters. The molecule has 0 amide bonds. The van der Waals surface area contributed by atoms with E-state index in [2.05, 4.69) is 22.9 Å². The molecule has 5 nitrogen and oxygen atoms in total. The molecular weight excluding hydrogens is 290 g/mol. The fourth-order valence-corrected chi connectivity index (χ4v) is 2.33. The average molecular weight is 315 g/mol. The van der Waals surface area contributed by atoms with Crippen molar-refractivity contribution in [3.8, 4) is 22.8 Å². The standard InChI is InChI=1S/C18H25N3O2/c1-5-13-11-14(15-7-6-8-18(19)20-15)17(22-4)12-16(13)23-10-9-21(2)3/h6-8,11-12H,5,9-10H2,1-4H3,(H2,19,20). The third-order valence-corrected chi connectivity index (χ3v) is 3.61. The molecule has 2 aromatic rings. The summed E-state index contributed by atoms with van der Waals surface area (Å²) < 4.78 is 11.5. The average Bonchev–Trinajstić information content (AvgIpc) is 2.54. The summed E-state index contributed by atoms with van der Waals surface area (Å²) in [7, 11) is 5.71. The van der Waals surface area contributed by atoms with Gasteiger partial charge in [-0.2, -0.15) is 0 Å². The zero-order chi connectivity index (χ0) is 16.8. The summed E-state index contributed by atoms with van der Waals surface area (Å²) in [4.78, 5) is 6.48. The lowest BCUT2D eigenvalue weighted by Crippen LogP contribution is -2.19. The Balaban J connectivity index is 2.37. The molecule has 0 bridgehead atoms. The van der Waals surface area contributed by atoms with Crippen molar-refractivity contribution in [2.75, 3.05) is 40.1 Å². The number of aryl methyl sites for hydroxylation is 1. The van der Waals surface area contributed by atoms with E-state index in [0.29, 0.717) is 12.4 Å². The van der Waals surface area contributed by atoms with Gasteiger partial charge >= 0.3 is 0 Å². The van der Waals surface area contributed by atoms with Crippen LogP contribution in [0.2, 0.25) is 0 Å². The first-order valence-corrected chi connectivity index (χ1v) is 7.76. The Kier molecular flexibility index (Phi) is 5.82. The molecule has 1 aromatic carbocycles. The SMILES string of the molecule is CCc1cc(-c2cccc(N)n2)c(OC)cc1OCCN(C)C. The van der Waals surface area contributed by atoms with Crippen molar-refractivity contribution < 1.29 is 9.47 Å². The Labute approximate surface area is 138 Å². The number of aromatic nitrogens is 1. The number of methoxy groups -OCH3 is 1. The topological polar surface area (TPSA) is 60.6 Å². The monoisotopic (exact) mass is 315 g/mol. The summed E-state index contributed by atoms with van der Waals surface area (Å²) in [5, 5.41) is 0. The molecule has 0 aliphatic carbocycles. The zero-order valence-electron chi connectivity index (χ0n) is 14.3. The van der Waals surface area contributed by atoms with E-state index in [-0.39, 0.29) is 0 Å². The second kappa shape index (κ2) is 7.83. The summed E-state index contributed by atoms with van der Waals surface area (Å²) >= 11 is 0. The van der Waals surface area contributed by atoms with E-state index >= 15 is 0 Å². The highest BCUT2D eigenvalue weighted by atomic mass is 16.5. The number of rotatable bonds is 7. The van der Waals surface area contributed by atoms with Crippen LogP contribution < -0.4 is 15.2 Å². The van der Waals surface area contributed by atoms with Gasteiger partial charge in [0, 0.05) is 18.2 Å². The van der Waals surface area contributed by atoms with Crippen molar-refractivity contribution in [2.45, 2.75) is 13.3 Å². The summed E-state index contributed by atoms with van der Waals surface area (Å²) in [5.74, 6) is 2.09. The second-order valence-electron chi connectivity index (χ2n) is 5.61. The highest BCUT2D eigenvalue weighted by Gasteiger charge is 2.13. The number of nitrogen functional groups attached to an aromatic ring is 1. The van der Waals surface area contributed by atoms with Crippen LogP contribution >= 0.6 is 0 Å². The normalized spacial score (nSPS) is 10.8. The van der Waals surface area contributed by atoms with Gasteiger partial charge in [0.05, 0.1) is 12.8 Å². The zero-order valence-corrected chi connectivity index (χ0v) is 14.3. The third kappa shape index (κ3) is 4.36. The Bertz CT molecular complexity index is 657. The van der Waals surface area contributed by atoms with Crippen LogP contribution in [0.15, 0.2) is 30.3 Å². The van der Waals surface area contributed by atoms with E-state index in [9.17, 15) is 0 Å². The van der Waals surface area contributed by atoms with Crippen LogP contribution in [0, 0.1) is 0 Å². The van der Waals surface area contributed by atoms with Crippen LogP contribution in [0.5, 0.6) is 11.5 Å². The first-order valence-electron chi connectivity index (χ1n) is 7.76. The minimum Gasteiger partial charge on any atom is -0.496 e. The molecule has 2 N–H and O–H groups in total. The van der Waals surface area contributed by atoms with Crippen LogP contribution in [0.25, 0.3) is 11.3 Å². The molecule has 0 spiro atoms. The van der Waals surface area contributed by atoms with Crippen LogP contribution in [0.4, 0.5) is 5.82 Å². The van der Waals surface area contributed by atoms with E-state index < -0.39 is 0 Å². The molecule has 0 aliphatic heterocycles. The third-order valence-electron chi connectivity index (χ3n) is 3.61. The van der Waals surface area contributed by atoms with Gasteiger partial charge in [-0.05, 0) is 44.3 Å². The molecule has 0 fully saturated rings. The summed E-state index contributed by atoms with van der Waals surface area (Å²) in [6, 6.07) is 9.61. The van der Waals surface area contributed by atoms with Gasteiger partial charge < -0.3 is 20.1 Å². The molecule has 0 saturated heterocycles. The minimum atomic E-state index is 0.494. The first kappa shape index (κ1) is 17.1. The lowest BCUT2D eigenvalue weighted by molar-refractivity contribution is 0.258. The lowest BCUT2D eigenvalue weighted by atomic mass is 10.0. The molecule has 1 aromatic heterocycles. The number of nitrogens with two attached hydrogens (primary N) is 1. The quantitative estimate of drug-likeness (QED) is 0.851. The van der Waals surface area contributed by atoms with Crippen molar-refractivity contribution in [1.29, 1.82) is 0 Å². The Morgan fingerprint density at radius 3 is 2.57 bits per heavy atom. The van der Waals surface area contributed by atoms with E-state index in [0.717, 1.165) is 41.3 Å². The van der Waals surface area contributed by atoms with E-state index in [1.165, 1.54) is 0 Å².